The highest BCUT2D eigenvalue weighted by Crippen LogP contribution is 2.40. The number of benzene rings is 1. The molecular formula is C17H22BrNO. The number of furan rings is 1. The molecule has 0 spiro atoms. The summed E-state index contributed by atoms with van der Waals surface area (Å²) >= 11 is 3.54. The molecule has 4 unspecified atom stereocenters. The minimum absolute atomic E-state index is 0.0178. The molecule has 1 heterocycles. The third-order valence-electron chi connectivity index (χ3n) is 4.99. The van der Waals surface area contributed by atoms with Gasteiger partial charge < -0.3 is 10.2 Å². The normalized spacial score (nSPS) is 28.7. The van der Waals surface area contributed by atoms with Crippen molar-refractivity contribution in [2.24, 2.45) is 23.5 Å². The summed E-state index contributed by atoms with van der Waals surface area (Å²) in [4.78, 5) is 0. The number of rotatable bonds is 2. The average molecular weight is 336 g/mol. The molecule has 4 atom stereocenters. The van der Waals surface area contributed by atoms with Crippen molar-refractivity contribution in [3.63, 3.8) is 0 Å². The van der Waals surface area contributed by atoms with Gasteiger partial charge in [-0.05, 0) is 58.7 Å². The Bertz CT molecular complexity index is 606. The molecule has 1 aromatic carbocycles. The molecule has 3 rings (SSSR count). The van der Waals surface area contributed by atoms with E-state index in [4.69, 9.17) is 10.2 Å². The Labute approximate surface area is 128 Å². The van der Waals surface area contributed by atoms with E-state index in [-0.39, 0.29) is 6.04 Å². The van der Waals surface area contributed by atoms with Crippen molar-refractivity contribution in [3.05, 3.63) is 34.5 Å². The second kappa shape index (κ2) is 5.53. The first-order valence-corrected chi connectivity index (χ1v) is 8.29. The summed E-state index contributed by atoms with van der Waals surface area (Å²) in [5.41, 5.74) is 7.39. The van der Waals surface area contributed by atoms with E-state index in [1.54, 1.807) is 0 Å². The van der Waals surface area contributed by atoms with Gasteiger partial charge in [-0.1, -0.05) is 32.4 Å². The lowest BCUT2D eigenvalue weighted by molar-refractivity contribution is 0.178. The van der Waals surface area contributed by atoms with Gasteiger partial charge in [0.15, 0.2) is 0 Å². The predicted molar refractivity (Wildman–Crippen MR) is 86.5 cm³/mol. The fourth-order valence-electron chi connectivity index (χ4n) is 3.36. The van der Waals surface area contributed by atoms with Crippen LogP contribution >= 0.6 is 15.9 Å². The van der Waals surface area contributed by atoms with Crippen LogP contribution in [0.3, 0.4) is 0 Å². The maximum absolute atomic E-state index is 6.48. The fourth-order valence-corrected chi connectivity index (χ4v) is 3.82. The van der Waals surface area contributed by atoms with E-state index in [0.717, 1.165) is 33.0 Å². The van der Waals surface area contributed by atoms with Crippen molar-refractivity contribution in [1.82, 2.24) is 0 Å². The van der Waals surface area contributed by atoms with Crippen LogP contribution in [0.5, 0.6) is 0 Å². The van der Waals surface area contributed by atoms with Crippen molar-refractivity contribution in [2.45, 2.75) is 39.2 Å². The van der Waals surface area contributed by atoms with Gasteiger partial charge in [0.1, 0.15) is 11.3 Å². The summed E-state index contributed by atoms with van der Waals surface area (Å²) in [5, 5.41) is 1.13. The highest BCUT2D eigenvalue weighted by molar-refractivity contribution is 9.10. The van der Waals surface area contributed by atoms with Crippen LogP contribution < -0.4 is 5.73 Å². The van der Waals surface area contributed by atoms with E-state index in [1.807, 2.05) is 12.1 Å². The zero-order chi connectivity index (χ0) is 14.3. The Morgan fingerprint density at radius 1 is 1.25 bits per heavy atom. The molecule has 0 amide bonds. The number of nitrogens with two attached hydrogens (primary N) is 1. The monoisotopic (exact) mass is 335 g/mol. The van der Waals surface area contributed by atoms with Crippen LogP contribution in [0.1, 0.15) is 44.9 Å². The Morgan fingerprint density at radius 3 is 2.75 bits per heavy atom. The van der Waals surface area contributed by atoms with E-state index in [9.17, 15) is 0 Å². The lowest BCUT2D eigenvalue weighted by Crippen LogP contribution is -2.29. The number of fused-ring (bicyclic) bond motifs is 1. The SMILES string of the molecule is CC1CCC(C(N)c2cc3cccc(Br)c3o2)CC1C. The van der Waals surface area contributed by atoms with Gasteiger partial charge in [0.2, 0.25) is 0 Å². The molecule has 2 N–H and O–H groups in total. The maximum Gasteiger partial charge on any atom is 0.148 e. The molecule has 0 bridgehead atoms. The van der Waals surface area contributed by atoms with Crippen LogP contribution in [-0.2, 0) is 0 Å². The van der Waals surface area contributed by atoms with E-state index in [2.05, 4.69) is 41.9 Å². The van der Waals surface area contributed by atoms with Crippen LogP contribution in [0.25, 0.3) is 11.0 Å². The average Bonchev–Trinajstić information content (AvgIpc) is 2.86. The van der Waals surface area contributed by atoms with Gasteiger partial charge in [-0.3, -0.25) is 0 Å². The molecule has 2 nitrogen and oxygen atoms in total. The van der Waals surface area contributed by atoms with Gasteiger partial charge in [0.25, 0.3) is 0 Å². The van der Waals surface area contributed by atoms with Gasteiger partial charge in [0.05, 0.1) is 10.5 Å². The van der Waals surface area contributed by atoms with Gasteiger partial charge in [-0.2, -0.15) is 0 Å². The zero-order valence-electron chi connectivity index (χ0n) is 12.1. The van der Waals surface area contributed by atoms with Crippen LogP contribution in [0.4, 0.5) is 0 Å². The second-order valence-electron chi connectivity index (χ2n) is 6.36. The first-order valence-electron chi connectivity index (χ1n) is 7.49. The zero-order valence-corrected chi connectivity index (χ0v) is 13.7. The highest BCUT2D eigenvalue weighted by Gasteiger charge is 2.30. The van der Waals surface area contributed by atoms with Crippen molar-refractivity contribution < 1.29 is 4.42 Å². The quantitative estimate of drug-likeness (QED) is 0.812. The Balaban J connectivity index is 1.85. The number of para-hydroxylation sites is 1. The van der Waals surface area contributed by atoms with Crippen LogP contribution in [-0.4, -0.2) is 0 Å². The van der Waals surface area contributed by atoms with Crippen LogP contribution in [0.15, 0.2) is 33.2 Å². The van der Waals surface area contributed by atoms with Crippen LogP contribution in [0.2, 0.25) is 0 Å². The number of halogens is 1. The lowest BCUT2D eigenvalue weighted by Gasteiger charge is -2.34. The minimum atomic E-state index is 0.0178. The van der Waals surface area contributed by atoms with E-state index < -0.39 is 0 Å². The fraction of sp³-hybridized carbons (Fsp3) is 0.529. The molecule has 1 saturated carbocycles. The molecule has 2 aromatic rings. The van der Waals surface area contributed by atoms with Crippen molar-refractivity contribution in [1.29, 1.82) is 0 Å². The first kappa shape index (κ1) is 14.2. The molecule has 0 aliphatic heterocycles. The largest absolute Gasteiger partial charge is 0.458 e. The predicted octanol–water partition coefficient (Wildman–Crippen LogP) is 5.27. The summed E-state index contributed by atoms with van der Waals surface area (Å²) in [6.07, 6.45) is 3.70. The molecule has 1 aromatic heterocycles. The van der Waals surface area contributed by atoms with Gasteiger partial charge in [-0.15, -0.1) is 0 Å². The first-order chi connectivity index (χ1) is 9.56. The summed E-state index contributed by atoms with van der Waals surface area (Å²) in [6.45, 7) is 4.70. The third-order valence-corrected chi connectivity index (χ3v) is 5.61. The Morgan fingerprint density at radius 2 is 2.05 bits per heavy atom. The standard InChI is InChI=1S/C17H22BrNO/c1-10-6-7-12(8-11(10)2)16(19)15-9-13-4-3-5-14(18)17(13)20-15/h3-5,9-12,16H,6-8,19H2,1-2H3. The maximum atomic E-state index is 6.48. The molecule has 1 aliphatic rings. The van der Waals surface area contributed by atoms with E-state index in [0.29, 0.717) is 5.92 Å². The molecule has 108 valence electrons. The molecule has 3 heteroatoms. The van der Waals surface area contributed by atoms with Crippen molar-refractivity contribution in [3.8, 4) is 0 Å². The van der Waals surface area contributed by atoms with E-state index >= 15 is 0 Å². The Hall–Kier alpha value is -0.800. The summed E-state index contributed by atoms with van der Waals surface area (Å²) in [7, 11) is 0. The third kappa shape index (κ3) is 2.53. The summed E-state index contributed by atoms with van der Waals surface area (Å²) in [5.74, 6) is 3.05. The van der Waals surface area contributed by atoms with E-state index in [1.165, 1.54) is 19.3 Å². The van der Waals surface area contributed by atoms with Gasteiger partial charge >= 0.3 is 0 Å². The molecule has 1 aliphatic carbocycles. The van der Waals surface area contributed by atoms with Gasteiger partial charge in [-0.25, -0.2) is 0 Å². The molecule has 1 fully saturated rings. The Kier molecular flexibility index (Phi) is 3.91. The summed E-state index contributed by atoms with van der Waals surface area (Å²) in [6, 6.07) is 8.23. The smallest absolute Gasteiger partial charge is 0.148 e. The highest BCUT2D eigenvalue weighted by atomic mass is 79.9. The summed E-state index contributed by atoms with van der Waals surface area (Å²) < 4.78 is 7.00. The van der Waals surface area contributed by atoms with Crippen LogP contribution in [0, 0.1) is 17.8 Å². The molecule has 0 saturated heterocycles. The molecular weight excluding hydrogens is 314 g/mol. The second-order valence-corrected chi connectivity index (χ2v) is 7.21. The topological polar surface area (TPSA) is 39.2 Å². The minimum Gasteiger partial charge on any atom is -0.458 e. The molecule has 0 radical (unpaired) electrons. The van der Waals surface area contributed by atoms with Crippen molar-refractivity contribution in [2.75, 3.05) is 0 Å². The number of hydrogen-bond acceptors (Lipinski definition) is 2. The van der Waals surface area contributed by atoms with Crippen molar-refractivity contribution >= 4 is 26.9 Å². The lowest BCUT2D eigenvalue weighted by atomic mass is 9.73. The number of hydrogen-bond donors (Lipinski definition) is 1. The molecule has 20 heavy (non-hydrogen) atoms. The van der Waals surface area contributed by atoms with Gasteiger partial charge in [0, 0.05) is 5.39 Å².